The fraction of sp³-hybridized carbons (Fsp3) is 0.500. The fourth-order valence-corrected chi connectivity index (χ4v) is 4.06. The number of nitrogens with one attached hydrogen (secondary N) is 1. The van der Waals surface area contributed by atoms with E-state index in [9.17, 15) is 13.2 Å². The minimum Gasteiger partial charge on any atom is -0.384 e. The summed E-state index contributed by atoms with van der Waals surface area (Å²) in [5.74, 6) is 0.434. The van der Waals surface area contributed by atoms with Gasteiger partial charge in [0.2, 0.25) is 0 Å². The number of pyridine rings is 1. The van der Waals surface area contributed by atoms with Crippen molar-refractivity contribution < 1.29 is 13.2 Å². The average Bonchev–Trinajstić information content (AvgIpc) is 2.64. The molecule has 1 unspecified atom stereocenters. The number of hydrogen-bond donors (Lipinski definition) is 2. The second kappa shape index (κ2) is 5.16. The highest BCUT2D eigenvalue weighted by Crippen LogP contribution is 2.17. The summed E-state index contributed by atoms with van der Waals surface area (Å²) in [5.41, 5.74) is 6.71. The molecule has 0 bridgehead atoms. The first kappa shape index (κ1) is 13.8. The zero-order valence-corrected chi connectivity index (χ0v) is 11.5. The van der Waals surface area contributed by atoms with Crippen LogP contribution in [0.5, 0.6) is 0 Å². The summed E-state index contributed by atoms with van der Waals surface area (Å²) in [6.45, 7) is 2.13. The Labute approximate surface area is 112 Å². The van der Waals surface area contributed by atoms with E-state index in [1.807, 2.05) is 0 Å². The molecule has 0 saturated carbocycles. The van der Waals surface area contributed by atoms with Crippen LogP contribution in [0.1, 0.15) is 22.5 Å². The van der Waals surface area contributed by atoms with Gasteiger partial charge in [-0.1, -0.05) is 0 Å². The molecule has 3 N–H and O–H groups in total. The average molecular weight is 283 g/mol. The number of amides is 1. The third kappa shape index (κ3) is 3.66. The molecule has 1 aliphatic heterocycles. The van der Waals surface area contributed by atoms with Crippen molar-refractivity contribution in [3.8, 4) is 0 Å². The van der Waals surface area contributed by atoms with Gasteiger partial charge in [-0.25, -0.2) is 13.4 Å². The molecule has 104 valence electrons. The van der Waals surface area contributed by atoms with Crippen molar-refractivity contribution in [3.63, 3.8) is 0 Å². The number of anilines is 1. The number of carbonyl (C=O) groups excluding carboxylic acids is 1. The molecule has 0 spiro atoms. The van der Waals surface area contributed by atoms with E-state index in [0.29, 0.717) is 30.0 Å². The van der Waals surface area contributed by atoms with Crippen molar-refractivity contribution in [1.82, 2.24) is 10.3 Å². The highest BCUT2D eigenvalue weighted by molar-refractivity contribution is 7.91. The van der Waals surface area contributed by atoms with Crippen molar-refractivity contribution in [3.05, 3.63) is 23.4 Å². The van der Waals surface area contributed by atoms with Gasteiger partial charge in [0.25, 0.3) is 5.91 Å². The number of sulfone groups is 1. The van der Waals surface area contributed by atoms with E-state index < -0.39 is 9.84 Å². The molecule has 1 aliphatic rings. The lowest BCUT2D eigenvalue weighted by Crippen LogP contribution is -2.30. The van der Waals surface area contributed by atoms with E-state index in [0.717, 1.165) is 0 Å². The highest BCUT2D eigenvalue weighted by Gasteiger charge is 2.27. The summed E-state index contributed by atoms with van der Waals surface area (Å²) in [7, 11) is -2.90. The van der Waals surface area contributed by atoms with Crippen molar-refractivity contribution in [2.24, 2.45) is 5.92 Å². The van der Waals surface area contributed by atoms with E-state index in [1.165, 1.54) is 6.07 Å². The zero-order chi connectivity index (χ0) is 14.0. The molecule has 6 nitrogen and oxygen atoms in total. The predicted molar refractivity (Wildman–Crippen MR) is 72.5 cm³/mol. The summed E-state index contributed by atoms with van der Waals surface area (Å²) in [5, 5.41) is 2.75. The van der Waals surface area contributed by atoms with Crippen LogP contribution in [0.15, 0.2) is 12.1 Å². The van der Waals surface area contributed by atoms with E-state index in [-0.39, 0.29) is 23.3 Å². The standard InChI is InChI=1S/C12H17N3O3S/c1-8-4-10(5-11(13)15-8)12(16)14-6-9-2-3-19(17,18)7-9/h4-5,9H,2-3,6-7H2,1H3,(H2,13,15)(H,14,16). The van der Waals surface area contributed by atoms with Gasteiger partial charge in [0.05, 0.1) is 11.5 Å². The Kier molecular flexibility index (Phi) is 3.75. The number of aryl methyl sites for hydroxylation is 1. The third-order valence-electron chi connectivity index (χ3n) is 3.11. The van der Waals surface area contributed by atoms with Crippen molar-refractivity contribution in [2.45, 2.75) is 13.3 Å². The van der Waals surface area contributed by atoms with Crippen LogP contribution in [0.25, 0.3) is 0 Å². The maximum atomic E-state index is 11.9. The zero-order valence-electron chi connectivity index (χ0n) is 10.7. The molecule has 0 aliphatic carbocycles. The number of hydrogen-bond acceptors (Lipinski definition) is 5. The van der Waals surface area contributed by atoms with Gasteiger partial charge in [-0.3, -0.25) is 4.79 Å². The van der Waals surface area contributed by atoms with Crippen LogP contribution in [0, 0.1) is 12.8 Å². The monoisotopic (exact) mass is 283 g/mol. The van der Waals surface area contributed by atoms with Crippen LogP contribution in [-0.4, -0.2) is 37.4 Å². The van der Waals surface area contributed by atoms with E-state index in [1.54, 1.807) is 13.0 Å². The van der Waals surface area contributed by atoms with Crippen LogP contribution >= 0.6 is 0 Å². The lowest BCUT2D eigenvalue weighted by molar-refractivity contribution is 0.0948. The molecule has 1 aromatic rings. The summed E-state index contributed by atoms with van der Waals surface area (Å²) in [6.07, 6.45) is 0.611. The maximum absolute atomic E-state index is 11.9. The number of carbonyl (C=O) groups is 1. The van der Waals surface area contributed by atoms with Gasteiger partial charge in [-0.2, -0.15) is 0 Å². The number of nitrogens with zero attached hydrogens (tertiary/aromatic N) is 1. The molecule has 2 heterocycles. The van der Waals surface area contributed by atoms with Crippen LogP contribution in [-0.2, 0) is 9.84 Å². The fourth-order valence-electron chi connectivity index (χ4n) is 2.20. The van der Waals surface area contributed by atoms with Gasteiger partial charge >= 0.3 is 0 Å². The molecule has 1 fully saturated rings. The first-order chi connectivity index (χ1) is 8.85. The van der Waals surface area contributed by atoms with E-state index in [4.69, 9.17) is 5.73 Å². The molecule has 19 heavy (non-hydrogen) atoms. The second-order valence-corrected chi connectivity index (χ2v) is 7.13. The molecular weight excluding hydrogens is 266 g/mol. The van der Waals surface area contributed by atoms with E-state index >= 15 is 0 Å². The molecule has 0 radical (unpaired) electrons. The topological polar surface area (TPSA) is 102 Å². The SMILES string of the molecule is Cc1cc(C(=O)NCC2CCS(=O)(=O)C2)cc(N)n1. The number of nitrogens with two attached hydrogens (primary N) is 1. The lowest BCUT2D eigenvalue weighted by atomic mass is 10.1. The Morgan fingerprint density at radius 1 is 1.53 bits per heavy atom. The minimum atomic E-state index is -2.90. The lowest BCUT2D eigenvalue weighted by Gasteiger charge is -2.10. The molecule has 1 aromatic heterocycles. The minimum absolute atomic E-state index is 0.00855. The summed E-state index contributed by atoms with van der Waals surface area (Å²) >= 11 is 0. The van der Waals surface area contributed by atoms with Crippen LogP contribution in [0.3, 0.4) is 0 Å². The van der Waals surface area contributed by atoms with Gasteiger partial charge in [0.1, 0.15) is 5.82 Å². The molecule has 1 amide bonds. The van der Waals surface area contributed by atoms with Crippen LogP contribution in [0.4, 0.5) is 5.82 Å². The van der Waals surface area contributed by atoms with Gasteiger partial charge < -0.3 is 11.1 Å². The molecular formula is C12H17N3O3S. The van der Waals surface area contributed by atoms with Gasteiger partial charge in [0.15, 0.2) is 9.84 Å². The molecule has 1 saturated heterocycles. The Morgan fingerprint density at radius 3 is 2.84 bits per heavy atom. The molecule has 1 atom stereocenters. The maximum Gasteiger partial charge on any atom is 0.251 e. The van der Waals surface area contributed by atoms with Crippen LogP contribution in [0.2, 0.25) is 0 Å². The summed E-state index contributed by atoms with van der Waals surface area (Å²) in [4.78, 5) is 15.9. The third-order valence-corrected chi connectivity index (χ3v) is 4.95. The van der Waals surface area contributed by atoms with Crippen molar-refractivity contribution in [1.29, 1.82) is 0 Å². The van der Waals surface area contributed by atoms with Gasteiger partial charge in [-0.15, -0.1) is 0 Å². The highest BCUT2D eigenvalue weighted by atomic mass is 32.2. The Bertz CT molecular complexity index is 578. The molecule has 7 heteroatoms. The van der Waals surface area contributed by atoms with Gasteiger partial charge in [0, 0.05) is 17.8 Å². The molecule has 2 rings (SSSR count). The Morgan fingerprint density at radius 2 is 2.26 bits per heavy atom. The normalized spacial score (nSPS) is 21.2. The van der Waals surface area contributed by atoms with Crippen LogP contribution < -0.4 is 11.1 Å². The quantitative estimate of drug-likeness (QED) is 0.821. The first-order valence-electron chi connectivity index (χ1n) is 6.08. The first-order valence-corrected chi connectivity index (χ1v) is 7.91. The predicted octanol–water partition coefficient (Wildman–Crippen LogP) is 0.137. The molecule has 0 aromatic carbocycles. The largest absolute Gasteiger partial charge is 0.384 e. The number of rotatable bonds is 3. The van der Waals surface area contributed by atoms with E-state index in [2.05, 4.69) is 10.3 Å². The van der Waals surface area contributed by atoms with Crippen molar-refractivity contribution in [2.75, 3.05) is 23.8 Å². The van der Waals surface area contributed by atoms with Gasteiger partial charge in [-0.05, 0) is 31.4 Å². The van der Waals surface area contributed by atoms with Crippen molar-refractivity contribution >= 4 is 21.6 Å². The number of nitrogen functional groups attached to an aromatic ring is 1. The summed E-state index contributed by atoms with van der Waals surface area (Å²) < 4.78 is 22.6. The smallest absolute Gasteiger partial charge is 0.251 e. The summed E-state index contributed by atoms with van der Waals surface area (Å²) in [6, 6.07) is 3.16. The number of aromatic nitrogens is 1. The second-order valence-electron chi connectivity index (χ2n) is 4.90. The Hall–Kier alpha value is -1.63. The Balaban J connectivity index is 1.95.